The number of alkyl halides is 2. The summed E-state index contributed by atoms with van der Waals surface area (Å²) >= 11 is 10.3. The lowest BCUT2D eigenvalue weighted by atomic mass is 10.2. The van der Waals surface area contributed by atoms with Crippen LogP contribution < -0.4 is 0 Å². The van der Waals surface area contributed by atoms with Crippen LogP contribution in [-0.2, 0) is 0 Å². The van der Waals surface area contributed by atoms with Gasteiger partial charge in [0.15, 0.2) is 0 Å². The van der Waals surface area contributed by atoms with Gasteiger partial charge in [0, 0.05) is 4.47 Å². The van der Waals surface area contributed by atoms with Crippen LogP contribution in [0.25, 0.3) is 0 Å². The Kier molecular flexibility index (Phi) is 3.40. The molecule has 0 aromatic heterocycles. The predicted octanol–water partition coefficient (Wildman–Crippen LogP) is 4.24. The first-order valence-corrected chi connectivity index (χ1v) is 5.37. The first-order chi connectivity index (χ1) is 4.72. The van der Waals surface area contributed by atoms with Gasteiger partial charge in [-0.2, -0.15) is 0 Å². The van der Waals surface area contributed by atoms with Gasteiger partial charge in [-0.3, -0.25) is 0 Å². The zero-order valence-corrected chi connectivity index (χ0v) is 9.78. The van der Waals surface area contributed by atoms with Crippen LogP contribution in [-0.4, -0.2) is 0 Å². The lowest BCUT2D eigenvalue weighted by Gasteiger charge is -2.02. The van der Waals surface area contributed by atoms with Gasteiger partial charge in [-0.05, 0) is 11.6 Å². The minimum Gasteiger partial charge on any atom is -0.0712 e. The molecule has 0 spiro atoms. The Labute approximate surface area is 85.4 Å². The van der Waals surface area contributed by atoms with E-state index in [-0.39, 0.29) is 3.74 Å². The molecule has 0 aliphatic carbocycles. The van der Waals surface area contributed by atoms with E-state index in [0.717, 1.165) is 4.47 Å². The molecule has 10 heavy (non-hydrogen) atoms. The fraction of sp³-hybridized carbons (Fsp3) is 0.143. The van der Waals surface area contributed by atoms with Crippen molar-refractivity contribution in [3.8, 4) is 0 Å². The topological polar surface area (TPSA) is 0 Å². The third-order valence-corrected chi connectivity index (χ3v) is 2.85. The largest absolute Gasteiger partial charge is 0.0957 e. The zero-order valence-electron chi connectivity index (χ0n) is 5.02. The average molecular weight is 329 g/mol. The van der Waals surface area contributed by atoms with E-state index in [4.69, 9.17) is 0 Å². The van der Waals surface area contributed by atoms with Crippen molar-refractivity contribution in [2.45, 2.75) is 3.74 Å². The Morgan fingerprint density at radius 3 is 2.10 bits per heavy atom. The number of hydrogen-bond donors (Lipinski definition) is 0. The van der Waals surface area contributed by atoms with Gasteiger partial charge in [-0.25, -0.2) is 0 Å². The molecule has 54 valence electrons. The molecule has 0 amide bonds. The molecule has 0 unspecified atom stereocenters. The molecule has 0 saturated carbocycles. The standard InChI is InChI=1S/C7H5Br3/c8-6-4-2-1-3-5(6)7(9)10/h1-4,7H. The first-order valence-electron chi connectivity index (χ1n) is 2.74. The summed E-state index contributed by atoms with van der Waals surface area (Å²) < 4.78 is 1.35. The van der Waals surface area contributed by atoms with Gasteiger partial charge in [0.2, 0.25) is 0 Å². The highest BCUT2D eigenvalue weighted by Gasteiger charge is 2.04. The van der Waals surface area contributed by atoms with Crippen molar-refractivity contribution in [3.05, 3.63) is 34.3 Å². The Morgan fingerprint density at radius 2 is 1.70 bits per heavy atom. The lowest BCUT2D eigenvalue weighted by Crippen LogP contribution is -1.80. The van der Waals surface area contributed by atoms with Crippen molar-refractivity contribution in [1.29, 1.82) is 0 Å². The predicted molar refractivity (Wildman–Crippen MR) is 54.7 cm³/mol. The minimum atomic E-state index is 0.232. The van der Waals surface area contributed by atoms with Gasteiger partial charge in [-0.1, -0.05) is 66.0 Å². The van der Waals surface area contributed by atoms with Gasteiger partial charge < -0.3 is 0 Å². The van der Waals surface area contributed by atoms with Crippen LogP contribution in [0.1, 0.15) is 9.30 Å². The second kappa shape index (κ2) is 3.88. The molecule has 3 heteroatoms. The van der Waals surface area contributed by atoms with E-state index >= 15 is 0 Å². The van der Waals surface area contributed by atoms with E-state index in [1.165, 1.54) is 5.56 Å². The second-order valence-electron chi connectivity index (χ2n) is 1.82. The molecule has 0 radical (unpaired) electrons. The maximum Gasteiger partial charge on any atom is 0.0957 e. The van der Waals surface area contributed by atoms with Gasteiger partial charge >= 0.3 is 0 Å². The molecule has 0 saturated heterocycles. The van der Waals surface area contributed by atoms with Gasteiger partial charge in [0.1, 0.15) is 0 Å². The summed E-state index contributed by atoms with van der Waals surface area (Å²) in [6.07, 6.45) is 0. The summed E-state index contributed by atoms with van der Waals surface area (Å²) in [7, 11) is 0. The molecule has 0 fully saturated rings. The van der Waals surface area contributed by atoms with Gasteiger partial charge in [0.25, 0.3) is 0 Å². The van der Waals surface area contributed by atoms with Crippen molar-refractivity contribution >= 4 is 47.8 Å². The quantitative estimate of drug-likeness (QED) is 0.676. The monoisotopic (exact) mass is 326 g/mol. The summed E-state index contributed by atoms with van der Waals surface area (Å²) in [5.41, 5.74) is 1.21. The van der Waals surface area contributed by atoms with E-state index in [9.17, 15) is 0 Å². The lowest BCUT2D eigenvalue weighted by molar-refractivity contribution is 1.39. The van der Waals surface area contributed by atoms with Crippen LogP contribution in [0.2, 0.25) is 0 Å². The van der Waals surface area contributed by atoms with E-state index in [1.54, 1.807) is 0 Å². The summed E-state index contributed by atoms with van der Waals surface area (Å²) in [4.78, 5) is 0. The van der Waals surface area contributed by atoms with Crippen molar-refractivity contribution in [3.63, 3.8) is 0 Å². The maximum atomic E-state index is 3.44. The molecule has 1 aromatic rings. The van der Waals surface area contributed by atoms with E-state index < -0.39 is 0 Å². The molecule has 0 heterocycles. The Morgan fingerprint density at radius 1 is 1.10 bits per heavy atom. The SMILES string of the molecule is Brc1ccccc1C(Br)Br. The molecule has 1 rings (SSSR count). The van der Waals surface area contributed by atoms with Gasteiger partial charge in [0.05, 0.1) is 3.74 Å². The average Bonchev–Trinajstić information content (AvgIpc) is 1.88. The van der Waals surface area contributed by atoms with Crippen molar-refractivity contribution in [2.75, 3.05) is 0 Å². The maximum absolute atomic E-state index is 3.44. The molecule has 0 aliphatic rings. The van der Waals surface area contributed by atoms with Crippen LogP contribution in [0, 0.1) is 0 Å². The van der Waals surface area contributed by atoms with Crippen LogP contribution in [0.5, 0.6) is 0 Å². The van der Waals surface area contributed by atoms with Crippen LogP contribution in [0.15, 0.2) is 28.7 Å². The Hall–Kier alpha value is 0.660. The fourth-order valence-electron chi connectivity index (χ4n) is 0.652. The van der Waals surface area contributed by atoms with Crippen LogP contribution >= 0.6 is 47.8 Å². The third kappa shape index (κ3) is 2.07. The fourth-order valence-corrected chi connectivity index (χ4v) is 2.58. The highest BCUT2D eigenvalue weighted by Crippen LogP contribution is 2.33. The van der Waals surface area contributed by atoms with E-state index in [2.05, 4.69) is 53.9 Å². The van der Waals surface area contributed by atoms with Gasteiger partial charge in [-0.15, -0.1) is 0 Å². The Balaban J connectivity index is 3.03. The Bertz CT molecular complexity index is 220. The molecule has 1 aromatic carbocycles. The zero-order chi connectivity index (χ0) is 7.56. The molecule has 0 N–H and O–H groups in total. The number of rotatable bonds is 1. The molecular weight excluding hydrogens is 324 g/mol. The van der Waals surface area contributed by atoms with Crippen LogP contribution in [0.4, 0.5) is 0 Å². The highest BCUT2D eigenvalue weighted by molar-refractivity contribution is 9.24. The molecule has 0 aliphatic heterocycles. The minimum absolute atomic E-state index is 0.232. The molecule has 0 bridgehead atoms. The summed E-state index contributed by atoms with van der Waals surface area (Å²) in [5.74, 6) is 0. The first kappa shape index (κ1) is 8.75. The van der Waals surface area contributed by atoms with Crippen molar-refractivity contribution < 1.29 is 0 Å². The van der Waals surface area contributed by atoms with Crippen molar-refractivity contribution in [2.24, 2.45) is 0 Å². The summed E-state index contributed by atoms with van der Waals surface area (Å²) in [6.45, 7) is 0. The molecule has 0 atom stereocenters. The molecule has 0 nitrogen and oxygen atoms in total. The van der Waals surface area contributed by atoms with E-state index in [0.29, 0.717) is 0 Å². The summed E-state index contributed by atoms with van der Waals surface area (Å²) in [6, 6.07) is 8.08. The third-order valence-electron chi connectivity index (χ3n) is 1.14. The summed E-state index contributed by atoms with van der Waals surface area (Å²) in [5, 5.41) is 0. The smallest absolute Gasteiger partial charge is 0.0712 e. The number of hydrogen-bond acceptors (Lipinski definition) is 0. The number of halogens is 3. The molecular formula is C7H5Br3. The second-order valence-corrected chi connectivity index (χ2v) is 5.74. The van der Waals surface area contributed by atoms with Crippen molar-refractivity contribution in [1.82, 2.24) is 0 Å². The van der Waals surface area contributed by atoms with E-state index in [1.807, 2.05) is 18.2 Å². The normalized spacial score (nSPS) is 10.4. The number of benzene rings is 1. The highest BCUT2D eigenvalue weighted by atomic mass is 79.9. The van der Waals surface area contributed by atoms with Crippen LogP contribution in [0.3, 0.4) is 0 Å².